The molecule has 1 rings (SSSR count). The van der Waals surface area contributed by atoms with Crippen LogP contribution in [0.25, 0.3) is 0 Å². The lowest BCUT2D eigenvalue weighted by Gasteiger charge is -2.25. The molecule has 23 heavy (non-hydrogen) atoms. The van der Waals surface area contributed by atoms with Crippen LogP contribution in [0.4, 0.5) is 13.2 Å². The van der Waals surface area contributed by atoms with Crippen molar-refractivity contribution in [3.63, 3.8) is 0 Å². The first-order valence-electron chi connectivity index (χ1n) is 6.43. The van der Waals surface area contributed by atoms with Crippen LogP contribution in [0.15, 0.2) is 23.1 Å². The van der Waals surface area contributed by atoms with E-state index in [2.05, 4.69) is 9.46 Å². The average Bonchev–Trinajstić information content (AvgIpc) is 2.37. The second-order valence-corrected chi connectivity index (χ2v) is 7.04. The summed E-state index contributed by atoms with van der Waals surface area (Å²) in [6, 6.07) is 2.24. The first kappa shape index (κ1) is 19.2. The van der Waals surface area contributed by atoms with E-state index in [1.165, 1.54) is 13.8 Å². The molecule has 0 aliphatic heterocycles. The fraction of sp³-hybridized carbons (Fsp3) is 0.462. The maximum atomic E-state index is 13.6. The van der Waals surface area contributed by atoms with Crippen LogP contribution in [0.2, 0.25) is 0 Å². The van der Waals surface area contributed by atoms with Gasteiger partial charge < -0.3 is 9.84 Å². The Morgan fingerprint density at radius 2 is 2.00 bits per heavy atom. The highest BCUT2D eigenvalue weighted by Crippen LogP contribution is 2.24. The summed E-state index contributed by atoms with van der Waals surface area (Å²) in [5.41, 5.74) is -1.09. The Balaban J connectivity index is 2.96. The lowest BCUT2D eigenvalue weighted by molar-refractivity contribution is -0.137. The number of hydrogen-bond acceptors (Lipinski definition) is 4. The van der Waals surface area contributed by atoms with Crippen molar-refractivity contribution in [3.05, 3.63) is 24.0 Å². The van der Waals surface area contributed by atoms with Gasteiger partial charge in [0.2, 0.25) is 10.0 Å². The number of aliphatic carboxylic acids is 1. The van der Waals surface area contributed by atoms with Crippen LogP contribution in [-0.2, 0) is 14.8 Å². The smallest absolute Gasteiger partial charge is 0.387 e. The SMILES string of the molecule is CC(C)(CCC(=O)O)NS(=O)(=O)c1ccc(OC(F)F)c(F)c1. The maximum Gasteiger partial charge on any atom is 0.387 e. The van der Waals surface area contributed by atoms with Crippen molar-refractivity contribution >= 4 is 16.0 Å². The highest BCUT2D eigenvalue weighted by atomic mass is 32.2. The van der Waals surface area contributed by atoms with Gasteiger partial charge in [-0.1, -0.05) is 0 Å². The monoisotopic (exact) mass is 355 g/mol. The van der Waals surface area contributed by atoms with Gasteiger partial charge >= 0.3 is 12.6 Å². The lowest BCUT2D eigenvalue weighted by Crippen LogP contribution is -2.43. The molecule has 0 saturated carbocycles. The molecule has 0 aliphatic rings. The average molecular weight is 355 g/mol. The number of halogens is 3. The van der Waals surface area contributed by atoms with E-state index >= 15 is 0 Å². The Labute approximate surface area is 131 Å². The second kappa shape index (κ2) is 7.18. The molecular formula is C13H16F3NO5S. The molecule has 6 nitrogen and oxygen atoms in total. The van der Waals surface area contributed by atoms with E-state index in [0.29, 0.717) is 6.07 Å². The fourth-order valence-electron chi connectivity index (χ4n) is 1.73. The molecule has 0 unspecified atom stereocenters. The van der Waals surface area contributed by atoms with E-state index in [1.807, 2.05) is 0 Å². The molecule has 0 heterocycles. The Morgan fingerprint density at radius 3 is 2.48 bits per heavy atom. The molecule has 0 radical (unpaired) electrons. The third kappa shape index (κ3) is 6.06. The third-order valence-electron chi connectivity index (χ3n) is 2.80. The Kier molecular flexibility index (Phi) is 6.00. The van der Waals surface area contributed by atoms with Gasteiger partial charge in [0.25, 0.3) is 0 Å². The number of hydrogen-bond donors (Lipinski definition) is 2. The zero-order valence-corrected chi connectivity index (χ0v) is 13.2. The number of nitrogens with one attached hydrogen (secondary N) is 1. The second-order valence-electron chi connectivity index (χ2n) is 5.35. The van der Waals surface area contributed by atoms with E-state index in [1.54, 1.807) is 0 Å². The maximum absolute atomic E-state index is 13.6. The van der Waals surface area contributed by atoms with Crippen LogP contribution in [0.5, 0.6) is 5.75 Å². The molecule has 10 heteroatoms. The van der Waals surface area contributed by atoms with Crippen LogP contribution >= 0.6 is 0 Å². The van der Waals surface area contributed by atoms with Gasteiger partial charge in [0.15, 0.2) is 11.6 Å². The minimum atomic E-state index is -4.16. The van der Waals surface area contributed by atoms with Gasteiger partial charge in [-0.3, -0.25) is 4.79 Å². The predicted octanol–water partition coefficient (Wildman–Crippen LogP) is 2.35. The number of benzene rings is 1. The molecule has 0 aromatic heterocycles. The summed E-state index contributed by atoms with van der Waals surface area (Å²) in [4.78, 5) is 10.1. The van der Waals surface area contributed by atoms with Crippen LogP contribution in [0.1, 0.15) is 26.7 Å². The lowest BCUT2D eigenvalue weighted by atomic mass is 10.0. The molecule has 0 saturated heterocycles. The van der Waals surface area contributed by atoms with E-state index in [4.69, 9.17) is 5.11 Å². The van der Waals surface area contributed by atoms with Gasteiger partial charge in [0.1, 0.15) is 0 Å². The normalized spacial score (nSPS) is 12.4. The number of carboxylic acid groups (broad SMARTS) is 1. The number of ether oxygens (including phenoxy) is 1. The number of carbonyl (C=O) groups is 1. The van der Waals surface area contributed by atoms with Gasteiger partial charge in [0, 0.05) is 12.0 Å². The number of alkyl halides is 2. The minimum absolute atomic E-state index is 0.0105. The van der Waals surface area contributed by atoms with Gasteiger partial charge in [-0.15, -0.1) is 0 Å². The summed E-state index contributed by atoms with van der Waals surface area (Å²) in [6.07, 6.45) is -0.248. The Morgan fingerprint density at radius 1 is 1.39 bits per heavy atom. The fourth-order valence-corrected chi connectivity index (χ4v) is 3.19. The highest BCUT2D eigenvalue weighted by Gasteiger charge is 2.27. The van der Waals surface area contributed by atoms with Crippen molar-refractivity contribution in [3.8, 4) is 5.75 Å². The molecule has 0 atom stereocenters. The van der Waals surface area contributed by atoms with E-state index in [9.17, 15) is 26.4 Å². The standard InChI is InChI=1S/C13H16F3NO5S/c1-13(2,6-5-11(18)19)17-23(20,21)8-3-4-10(9(14)7-8)22-12(15)16/h3-4,7,12,17H,5-6H2,1-2H3,(H,18,19). The van der Waals surface area contributed by atoms with Crippen molar-refractivity contribution in [2.75, 3.05) is 0 Å². The van der Waals surface area contributed by atoms with Crippen LogP contribution in [-0.4, -0.2) is 31.6 Å². The van der Waals surface area contributed by atoms with Crippen molar-refractivity contribution in [1.82, 2.24) is 4.72 Å². The molecule has 130 valence electrons. The Bertz CT molecular complexity index is 676. The predicted molar refractivity (Wildman–Crippen MR) is 74.3 cm³/mol. The molecule has 0 aliphatic carbocycles. The van der Waals surface area contributed by atoms with Crippen LogP contribution in [0.3, 0.4) is 0 Å². The summed E-state index contributed by atoms with van der Waals surface area (Å²) in [7, 11) is -4.16. The summed E-state index contributed by atoms with van der Waals surface area (Å²) in [6.45, 7) is -0.295. The van der Waals surface area contributed by atoms with Gasteiger partial charge in [-0.2, -0.15) is 8.78 Å². The van der Waals surface area contributed by atoms with Gasteiger partial charge in [0.05, 0.1) is 4.90 Å². The zero-order chi connectivity index (χ0) is 17.8. The topological polar surface area (TPSA) is 92.7 Å². The van der Waals surface area contributed by atoms with Gasteiger partial charge in [-0.25, -0.2) is 17.5 Å². The molecule has 1 aromatic rings. The van der Waals surface area contributed by atoms with Crippen molar-refractivity contribution < 1.29 is 36.2 Å². The molecule has 0 bridgehead atoms. The summed E-state index contributed by atoms with van der Waals surface area (Å²) < 4.78 is 68.1. The number of carboxylic acids is 1. The largest absolute Gasteiger partial charge is 0.481 e. The molecule has 1 aromatic carbocycles. The summed E-state index contributed by atoms with van der Waals surface area (Å²) >= 11 is 0. The van der Waals surface area contributed by atoms with E-state index < -0.39 is 44.6 Å². The highest BCUT2D eigenvalue weighted by molar-refractivity contribution is 7.89. The van der Waals surface area contributed by atoms with Crippen molar-refractivity contribution in [2.45, 2.75) is 43.7 Å². The first-order valence-corrected chi connectivity index (χ1v) is 7.91. The van der Waals surface area contributed by atoms with Crippen LogP contribution in [0, 0.1) is 5.82 Å². The molecular weight excluding hydrogens is 339 g/mol. The number of rotatable bonds is 8. The molecule has 0 amide bonds. The quantitative estimate of drug-likeness (QED) is 0.747. The number of sulfonamides is 1. The van der Waals surface area contributed by atoms with Crippen molar-refractivity contribution in [2.24, 2.45) is 0 Å². The van der Waals surface area contributed by atoms with Crippen LogP contribution < -0.4 is 9.46 Å². The zero-order valence-electron chi connectivity index (χ0n) is 12.3. The summed E-state index contributed by atoms with van der Waals surface area (Å²) in [5.74, 6) is -3.11. The van der Waals surface area contributed by atoms with E-state index in [0.717, 1.165) is 12.1 Å². The first-order chi connectivity index (χ1) is 10.4. The van der Waals surface area contributed by atoms with Crippen molar-refractivity contribution in [1.29, 1.82) is 0 Å². The molecule has 0 spiro atoms. The Hall–Kier alpha value is -1.81. The third-order valence-corrected chi connectivity index (χ3v) is 4.50. The van der Waals surface area contributed by atoms with Gasteiger partial charge in [-0.05, 0) is 38.5 Å². The molecule has 2 N–H and O–H groups in total. The summed E-state index contributed by atoms with van der Waals surface area (Å²) in [5, 5.41) is 8.63. The van der Waals surface area contributed by atoms with E-state index in [-0.39, 0.29) is 12.8 Å². The minimum Gasteiger partial charge on any atom is -0.481 e. The molecule has 0 fully saturated rings.